The molecular formula is C18H22N6O3. The van der Waals surface area contributed by atoms with Crippen LogP contribution >= 0.6 is 0 Å². The molecule has 0 unspecified atom stereocenters. The Morgan fingerprint density at radius 3 is 1.81 bits per heavy atom. The van der Waals surface area contributed by atoms with Crippen LogP contribution in [0.1, 0.15) is 0 Å². The Hall–Kier alpha value is -2.78. The Kier molecular flexibility index (Phi) is 5.40. The van der Waals surface area contributed by atoms with Crippen molar-refractivity contribution < 1.29 is 14.3 Å². The second-order valence-electron chi connectivity index (χ2n) is 6.30. The topological polar surface area (TPSA) is 92.7 Å². The Balaban J connectivity index is 1.68. The normalized spacial score (nSPS) is 17.6. The highest BCUT2D eigenvalue weighted by Crippen LogP contribution is 2.23. The van der Waals surface area contributed by atoms with Crippen molar-refractivity contribution in [3.8, 4) is 11.4 Å². The number of morpholine rings is 2. The number of nitrogens with zero attached hydrogens (tertiary/aromatic N) is 5. The molecule has 2 saturated heterocycles. The van der Waals surface area contributed by atoms with Crippen LogP contribution in [0.4, 0.5) is 17.6 Å². The first-order valence-electron chi connectivity index (χ1n) is 9.05. The van der Waals surface area contributed by atoms with Crippen molar-refractivity contribution in [1.29, 1.82) is 0 Å². The van der Waals surface area contributed by atoms with Gasteiger partial charge >= 0.3 is 0 Å². The smallest absolute Gasteiger partial charge is 0.230 e. The third kappa shape index (κ3) is 4.15. The van der Waals surface area contributed by atoms with Crippen LogP contribution in [0.5, 0.6) is 0 Å². The van der Waals surface area contributed by atoms with Crippen LogP contribution in [0.2, 0.25) is 0 Å². The number of nitrogens with one attached hydrogen (secondary N) is 1. The first-order valence-corrected chi connectivity index (χ1v) is 9.05. The third-order valence-electron chi connectivity index (χ3n) is 4.57. The predicted molar refractivity (Wildman–Crippen MR) is 101 cm³/mol. The number of carbonyl (C=O) groups is 1. The van der Waals surface area contributed by atoms with Gasteiger partial charge in [0.15, 0.2) is 5.82 Å². The molecule has 2 aliphatic rings. The highest BCUT2D eigenvalue weighted by atomic mass is 16.5. The summed E-state index contributed by atoms with van der Waals surface area (Å²) in [6, 6.07) is 7.45. The summed E-state index contributed by atoms with van der Waals surface area (Å²) >= 11 is 0. The van der Waals surface area contributed by atoms with Crippen molar-refractivity contribution in [3.63, 3.8) is 0 Å². The minimum atomic E-state index is 0.616. The summed E-state index contributed by atoms with van der Waals surface area (Å²) in [6.07, 6.45) is 0.658. The van der Waals surface area contributed by atoms with Crippen LogP contribution in [0.25, 0.3) is 11.4 Å². The Morgan fingerprint density at radius 2 is 1.33 bits per heavy atom. The molecule has 1 N–H and O–H groups in total. The highest BCUT2D eigenvalue weighted by Gasteiger charge is 2.21. The van der Waals surface area contributed by atoms with E-state index in [0.717, 1.165) is 37.4 Å². The van der Waals surface area contributed by atoms with Crippen LogP contribution in [0.3, 0.4) is 0 Å². The lowest BCUT2D eigenvalue weighted by molar-refractivity contribution is -0.105. The number of rotatable bonds is 5. The van der Waals surface area contributed by atoms with Gasteiger partial charge in [-0.3, -0.25) is 4.79 Å². The molecule has 27 heavy (non-hydrogen) atoms. The fourth-order valence-electron chi connectivity index (χ4n) is 3.08. The summed E-state index contributed by atoms with van der Waals surface area (Å²) < 4.78 is 10.9. The number of benzene rings is 1. The first-order chi connectivity index (χ1) is 13.3. The maximum absolute atomic E-state index is 10.6. The van der Waals surface area contributed by atoms with Gasteiger partial charge in [-0.05, 0) is 24.3 Å². The number of anilines is 3. The van der Waals surface area contributed by atoms with Crippen LogP contribution < -0.4 is 15.1 Å². The van der Waals surface area contributed by atoms with Gasteiger partial charge in [-0.1, -0.05) is 0 Å². The van der Waals surface area contributed by atoms with E-state index in [1.165, 1.54) is 0 Å². The van der Waals surface area contributed by atoms with Crippen molar-refractivity contribution in [2.45, 2.75) is 0 Å². The van der Waals surface area contributed by atoms with Crippen LogP contribution in [-0.2, 0) is 14.3 Å². The van der Waals surface area contributed by atoms with E-state index in [1.807, 2.05) is 24.3 Å². The molecule has 2 fully saturated rings. The van der Waals surface area contributed by atoms with Gasteiger partial charge in [0, 0.05) is 37.4 Å². The fraction of sp³-hybridized carbons (Fsp3) is 0.444. The molecule has 9 heteroatoms. The Bertz CT molecular complexity index is 737. The lowest BCUT2D eigenvalue weighted by Gasteiger charge is -2.30. The van der Waals surface area contributed by atoms with E-state index in [-0.39, 0.29) is 0 Å². The van der Waals surface area contributed by atoms with Gasteiger partial charge in [0.05, 0.1) is 26.4 Å². The van der Waals surface area contributed by atoms with Crippen LogP contribution in [-0.4, -0.2) is 74.0 Å². The van der Waals surface area contributed by atoms with E-state index in [2.05, 4.69) is 15.1 Å². The summed E-state index contributed by atoms with van der Waals surface area (Å²) in [7, 11) is 0. The molecule has 2 aliphatic heterocycles. The average Bonchev–Trinajstić information content (AvgIpc) is 2.75. The molecule has 1 amide bonds. The molecule has 3 heterocycles. The standard InChI is InChI=1S/C18H22N6O3/c25-13-19-15-3-1-14(2-4-15)16-20-17(23-5-9-26-10-6-23)22-18(21-16)24-7-11-27-12-8-24/h1-4,13H,5-12H2,(H,19,25). The van der Waals surface area contributed by atoms with Gasteiger partial charge in [-0.15, -0.1) is 0 Å². The number of aromatic nitrogens is 3. The molecule has 0 saturated carbocycles. The molecule has 0 bridgehead atoms. The average molecular weight is 370 g/mol. The van der Waals surface area contributed by atoms with E-state index in [1.54, 1.807) is 0 Å². The van der Waals surface area contributed by atoms with Crippen molar-refractivity contribution in [3.05, 3.63) is 24.3 Å². The molecule has 142 valence electrons. The van der Waals surface area contributed by atoms with E-state index in [9.17, 15) is 4.79 Å². The lowest BCUT2D eigenvalue weighted by atomic mass is 10.2. The summed E-state index contributed by atoms with van der Waals surface area (Å²) in [4.78, 5) is 29.0. The molecule has 0 spiro atoms. The second kappa shape index (κ2) is 8.28. The minimum absolute atomic E-state index is 0.616. The zero-order valence-electron chi connectivity index (χ0n) is 15.0. The molecule has 1 aromatic carbocycles. The SMILES string of the molecule is O=CNc1ccc(-c2nc(N3CCOCC3)nc(N3CCOCC3)n2)cc1. The van der Waals surface area contributed by atoms with Gasteiger partial charge in [-0.25, -0.2) is 0 Å². The number of hydrogen-bond acceptors (Lipinski definition) is 8. The van der Waals surface area contributed by atoms with E-state index < -0.39 is 0 Å². The zero-order valence-corrected chi connectivity index (χ0v) is 15.0. The molecular weight excluding hydrogens is 348 g/mol. The largest absolute Gasteiger partial charge is 0.378 e. The molecule has 0 atom stereocenters. The van der Waals surface area contributed by atoms with Gasteiger partial charge in [0.25, 0.3) is 0 Å². The summed E-state index contributed by atoms with van der Waals surface area (Å²) in [5.41, 5.74) is 1.60. The van der Waals surface area contributed by atoms with Gasteiger partial charge in [0.1, 0.15) is 0 Å². The quantitative estimate of drug-likeness (QED) is 0.772. The number of amides is 1. The van der Waals surface area contributed by atoms with Crippen LogP contribution in [0, 0.1) is 0 Å². The van der Waals surface area contributed by atoms with Crippen molar-refractivity contribution in [1.82, 2.24) is 15.0 Å². The molecule has 0 aliphatic carbocycles. The van der Waals surface area contributed by atoms with Crippen molar-refractivity contribution in [2.24, 2.45) is 0 Å². The van der Waals surface area contributed by atoms with Crippen molar-refractivity contribution >= 4 is 24.0 Å². The second-order valence-corrected chi connectivity index (χ2v) is 6.30. The molecule has 2 aromatic rings. The van der Waals surface area contributed by atoms with E-state index in [0.29, 0.717) is 50.6 Å². The van der Waals surface area contributed by atoms with Crippen molar-refractivity contribution in [2.75, 3.05) is 67.7 Å². The fourth-order valence-corrected chi connectivity index (χ4v) is 3.08. The number of ether oxygens (including phenoxy) is 2. The van der Waals surface area contributed by atoms with Gasteiger partial charge in [-0.2, -0.15) is 15.0 Å². The zero-order chi connectivity index (χ0) is 18.5. The minimum Gasteiger partial charge on any atom is -0.378 e. The molecule has 0 radical (unpaired) electrons. The maximum atomic E-state index is 10.6. The van der Waals surface area contributed by atoms with Gasteiger partial charge in [0.2, 0.25) is 18.3 Å². The molecule has 9 nitrogen and oxygen atoms in total. The molecule has 1 aromatic heterocycles. The van der Waals surface area contributed by atoms with E-state index in [4.69, 9.17) is 24.4 Å². The summed E-state index contributed by atoms with van der Waals surface area (Å²) in [5, 5.41) is 2.63. The number of hydrogen-bond donors (Lipinski definition) is 1. The summed E-state index contributed by atoms with van der Waals surface area (Å²) in [5.74, 6) is 1.95. The molecule has 4 rings (SSSR count). The highest BCUT2D eigenvalue weighted by molar-refractivity contribution is 5.73. The van der Waals surface area contributed by atoms with E-state index >= 15 is 0 Å². The number of carbonyl (C=O) groups excluding carboxylic acids is 1. The van der Waals surface area contributed by atoms with Gasteiger partial charge < -0.3 is 24.6 Å². The summed E-state index contributed by atoms with van der Waals surface area (Å²) in [6.45, 7) is 5.70. The monoisotopic (exact) mass is 370 g/mol. The predicted octanol–water partition coefficient (Wildman–Crippen LogP) is 0.780. The maximum Gasteiger partial charge on any atom is 0.230 e. The Labute approximate surface area is 157 Å². The lowest BCUT2D eigenvalue weighted by Crippen LogP contribution is -2.40. The Morgan fingerprint density at radius 1 is 0.815 bits per heavy atom. The first kappa shape index (κ1) is 17.6. The van der Waals surface area contributed by atoms with Crippen LogP contribution in [0.15, 0.2) is 24.3 Å². The third-order valence-corrected chi connectivity index (χ3v) is 4.57.